The SMILES string of the molecule is O=C(CC1C=CS(=O)(=O)C1)NCCCc1nc2ccc(Cl)cc2[nH]1. The molecule has 2 aromatic rings. The molecule has 1 aromatic carbocycles. The topological polar surface area (TPSA) is 91.9 Å². The molecule has 0 radical (unpaired) electrons. The van der Waals surface area contributed by atoms with Gasteiger partial charge >= 0.3 is 0 Å². The van der Waals surface area contributed by atoms with Gasteiger partial charge in [-0.15, -0.1) is 0 Å². The number of hydrogen-bond donors (Lipinski definition) is 2. The van der Waals surface area contributed by atoms with Crippen LogP contribution in [0.1, 0.15) is 18.7 Å². The second-order valence-electron chi connectivity index (χ2n) is 5.92. The van der Waals surface area contributed by atoms with E-state index in [1.807, 2.05) is 12.1 Å². The highest BCUT2D eigenvalue weighted by atomic mass is 35.5. The molecule has 1 unspecified atom stereocenters. The van der Waals surface area contributed by atoms with Gasteiger partial charge in [-0.25, -0.2) is 13.4 Å². The number of aromatic nitrogens is 2. The molecule has 2 N–H and O–H groups in total. The van der Waals surface area contributed by atoms with E-state index in [1.165, 1.54) is 5.41 Å². The highest BCUT2D eigenvalue weighted by Gasteiger charge is 2.23. The number of rotatable bonds is 6. The summed E-state index contributed by atoms with van der Waals surface area (Å²) in [6, 6.07) is 5.49. The second-order valence-corrected chi connectivity index (χ2v) is 8.29. The lowest BCUT2D eigenvalue weighted by Gasteiger charge is -2.07. The maximum atomic E-state index is 11.8. The van der Waals surface area contributed by atoms with Crippen LogP contribution in [0.3, 0.4) is 0 Å². The maximum absolute atomic E-state index is 11.8. The molecule has 0 saturated heterocycles. The van der Waals surface area contributed by atoms with Gasteiger partial charge in [0.1, 0.15) is 5.82 Å². The zero-order chi connectivity index (χ0) is 17.2. The summed E-state index contributed by atoms with van der Waals surface area (Å²) in [4.78, 5) is 19.5. The van der Waals surface area contributed by atoms with Crippen LogP contribution in [0.15, 0.2) is 29.7 Å². The van der Waals surface area contributed by atoms with E-state index in [0.717, 1.165) is 23.3 Å². The Labute approximate surface area is 145 Å². The van der Waals surface area contributed by atoms with Crippen molar-refractivity contribution in [1.29, 1.82) is 0 Å². The number of amides is 1. The van der Waals surface area contributed by atoms with Crippen molar-refractivity contribution in [3.63, 3.8) is 0 Å². The highest BCUT2D eigenvalue weighted by Crippen LogP contribution is 2.18. The third-order valence-corrected chi connectivity index (χ3v) is 5.56. The Morgan fingerprint density at radius 1 is 1.42 bits per heavy atom. The van der Waals surface area contributed by atoms with Gasteiger partial charge in [-0.05, 0) is 24.6 Å². The summed E-state index contributed by atoms with van der Waals surface area (Å²) in [6.45, 7) is 0.528. The number of nitrogens with one attached hydrogen (secondary N) is 2. The smallest absolute Gasteiger partial charge is 0.220 e. The fourth-order valence-electron chi connectivity index (χ4n) is 2.71. The number of carbonyl (C=O) groups excluding carboxylic acids is 1. The molecule has 0 saturated carbocycles. The molecule has 128 valence electrons. The molecule has 3 rings (SSSR count). The zero-order valence-electron chi connectivity index (χ0n) is 13.0. The number of halogens is 1. The van der Waals surface area contributed by atoms with Crippen LogP contribution in [-0.4, -0.2) is 36.6 Å². The number of fused-ring (bicyclic) bond motifs is 1. The first-order valence-corrected chi connectivity index (χ1v) is 9.82. The van der Waals surface area contributed by atoms with E-state index in [1.54, 1.807) is 12.1 Å². The molecule has 1 aliphatic rings. The Hall–Kier alpha value is -1.86. The van der Waals surface area contributed by atoms with Gasteiger partial charge < -0.3 is 10.3 Å². The molecule has 1 atom stereocenters. The third kappa shape index (κ3) is 4.36. The van der Waals surface area contributed by atoms with Gasteiger partial charge in [-0.1, -0.05) is 17.7 Å². The minimum atomic E-state index is -3.10. The van der Waals surface area contributed by atoms with Crippen molar-refractivity contribution in [2.24, 2.45) is 5.92 Å². The molecule has 24 heavy (non-hydrogen) atoms. The Morgan fingerprint density at radius 2 is 2.25 bits per heavy atom. The monoisotopic (exact) mass is 367 g/mol. The standard InChI is InChI=1S/C16H18ClN3O3S/c17-12-3-4-13-14(9-12)20-15(19-13)2-1-6-18-16(21)8-11-5-7-24(22,23)10-11/h3-5,7,9,11H,1-2,6,8,10H2,(H,18,21)(H,19,20). The molecular weight excluding hydrogens is 350 g/mol. The Bertz CT molecular complexity index is 889. The molecule has 6 nitrogen and oxygen atoms in total. The quantitative estimate of drug-likeness (QED) is 0.766. The molecule has 1 aromatic heterocycles. The van der Waals surface area contributed by atoms with Gasteiger partial charge in [-0.3, -0.25) is 4.79 Å². The average Bonchev–Trinajstić information content (AvgIpc) is 3.05. The van der Waals surface area contributed by atoms with Gasteiger partial charge in [0.2, 0.25) is 5.91 Å². The van der Waals surface area contributed by atoms with Crippen molar-refractivity contribution in [2.45, 2.75) is 19.3 Å². The fraction of sp³-hybridized carbons (Fsp3) is 0.375. The number of carbonyl (C=O) groups is 1. The number of allylic oxidation sites excluding steroid dienone is 1. The predicted molar refractivity (Wildman–Crippen MR) is 93.5 cm³/mol. The second kappa shape index (κ2) is 6.94. The van der Waals surface area contributed by atoms with Crippen molar-refractivity contribution in [2.75, 3.05) is 12.3 Å². The van der Waals surface area contributed by atoms with Gasteiger partial charge in [0.05, 0.1) is 16.8 Å². The minimum absolute atomic E-state index is 0.0297. The van der Waals surface area contributed by atoms with Crippen LogP contribution in [0.4, 0.5) is 0 Å². The van der Waals surface area contributed by atoms with E-state index in [4.69, 9.17) is 11.6 Å². The van der Waals surface area contributed by atoms with Crippen LogP contribution in [0.2, 0.25) is 5.02 Å². The molecule has 8 heteroatoms. The first kappa shape index (κ1) is 17.0. The number of aromatic amines is 1. The molecule has 2 heterocycles. The van der Waals surface area contributed by atoms with E-state index in [2.05, 4.69) is 15.3 Å². The summed E-state index contributed by atoms with van der Waals surface area (Å²) in [6.07, 6.45) is 3.26. The predicted octanol–water partition coefficient (Wildman–Crippen LogP) is 2.21. The van der Waals surface area contributed by atoms with Gasteiger partial charge in [0, 0.05) is 35.7 Å². The lowest BCUT2D eigenvalue weighted by Crippen LogP contribution is -2.27. The molecule has 0 aliphatic carbocycles. The molecule has 0 spiro atoms. The van der Waals surface area contributed by atoms with Crippen LogP contribution in [0.5, 0.6) is 0 Å². The number of imidazole rings is 1. The summed E-state index contributed by atoms with van der Waals surface area (Å²) in [7, 11) is -3.10. The van der Waals surface area contributed by atoms with Gasteiger partial charge in [0.15, 0.2) is 9.84 Å². The van der Waals surface area contributed by atoms with Crippen LogP contribution in [0, 0.1) is 5.92 Å². The van der Waals surface area contributed by atoms with Crippen molar-refractivity contribution >= 4 is 38.4 Å². The summed E-state index contributed by atoms with van der Waals surface area (Å²) in [5, 5.41) is 4.67. The molecule has 0 fully saturated rings. The molecule has 1 amide bonds. The summed E-state index contributed by atoms with van der Waals surface area (Å²) < 4.78 is 22.6. The first-order valence-electron chi connectivity index (χ1n) is 7.73. The Balaban J connectivity index is 1.41. The number of nitrogens with zero attached hydrogens (tertiary/aromatic N) is 1. The lowest BCUT2D eigenvalue weighted by molar-refractivity contribution is -0.121. The summed E-state index contributed by atoms with van der Waals surface area (Å²) >= 11 is 5.94. The van der Waals surface area contributed by atoms with E-state index in [0.29, 0.717) is 18.0 Å². The van der Waals surface area contributed by atoms with E-state index in [9.17, 15) is 13.2 Å². The first-order chi connectivity index (χ1) is 11.4. The number of aryl methyl sites for hydroxylation is 1. The van der Waals surface area contributed by atoms with Crippen LogP contribution in [-0.2, 0) is 21.1 Å². The normalized spacial score (nSPS) is 19.0. The van der Waals surface area contributed by atoms with Gasteiger partial charge in [-0.2, -0.15) is 0 Å². The van der Waals surface area contributed by atoms with E-state index >= 15 is 0 Å². The minimum Gasteiger partial charge on any atom is -0.356 e. The number of benzene rings is 1. The van der Waals surface area contributed by atoms with Crippen LogP contribution < -0.4 is 5.32 Å². The fourth-order valence-corrected chi connectivity index (χ4v) is 4.28. The number of hydrogen-bond acceptors (Lipinski definition) is 4. The van der Waals surface area contributed by atoms with Crippen molar-refractivity contribution < 1.29 is 13.2 Å². The molecule has 0 bridgehead atoms. The van der Waals surface area contributed by atoms with Crippen LogP contribution >= 0.6 is 11.6 Å². The maximum Gasteiger partial charge on any atom is 0.220 e. The lowest BCUT2D eigenvalue weighted by atomic mass is 10.1. The summed E-state index contributed by atoms with van der Waals surface area (Å²) in [5.74, 6) is 0.543. The van der Waals surface area contributed by atoms with Gasteiger partial charge in [0.25, 0.3) is 0 Å². The molecular formula is C16H18ClN3O3S. The summed E-state index contributed by atoms with van der Waals surface area (Å²) in [5.41, 5.74) is 1.77. The Kier molecular flexibility index (Phi) is 4.91. The average molecular weight is 368 g/mol. The van der Waals surface area contributed by atoms with Crippen molar-refractivity contribution in [1.82, 2.24) is 15.3 Å². The Morgan fingerprint density at radius 3 is 3.00 bits per heavy atom. The zero-order valence-corrected chi connectivity index (χ0v) is 14.5. The number of H-pyrrole nitrogens is 1. The van der Waals surface area contributed by atoms with Crippen LogP contribution in [0.25, 0.3) is 11.0 Å². The molecule has 1 aliphatic heterocycles. The van der Waals surface area contributed by atoms with Crippen molar-refractivity contribution in [3.05, 3.63) is 40.5 Å². The van der Waals surface area contributed by atoms with E-state index < -0.39 is 9.84 Å². The van der Waals surface area contributed by atoms with E-state index in [-0.39, 0.29) is 24.0 Å². The largest absolute Gasteiger partial charge is 0.356 e. The number of sulfone groups is 1. The van der Waals surface area contributed by atoms with Crippen molar-refractivity contribution in [3.8, 4) is 0 Å². The highest BCUT2D eigenvalue weighted by molar-refractivity contribution is 7.94. The third-order valence-electron chi connectivity index (χ3n) is 3.86.